The number of nitriles is 1. The van der Waals surface area contributed by atoms with Gasteiger partial charge in [-0.1, -0.05) is 12.1 Å². The Labute approximate surface area is 118 Å². The molecule has 5 heteroatoms. The molecule has 1 amide bonds. The molecule has 0 bridgehead atoms. The fourth-order valence-electron chi connectivity index (χ4n) is 2.65. The Kier molecular flexibility index (Phi) is 4.35. The number of piperidine rings is 1. The van der Waals surface area contributed by atoms with Crippen LogP contribution in [0.4, 0.5) is 4.39 Å². The second kappa shape index (κ2) is 6.02. The normalized spacial score (nSPS) is 18.4. The lowest BCUT2D eigenvalue weighted by atomic mass is 9.94. The van der Waals surface area contributed by atoms with Crippen LogP contribution in [-0.2, 0) is 4.79 Å². The van der Waals surface area contributed by atoms with Crippen LogP contribution in [0.15, 0.2) is 18.2 Å². The third-order valence-electron chi connectivity index (χ3n) is 3.92. The van der Waals surface area contributed by atoms with Gasteiger partial charge in [-0.05, 0) is 37.0 Å². The predicted molar refractivity (Wildman–Crippen MR) is 73.0 cm³/mol. The molecule has 1 aromatic rings. The Balaban J connectivity index is 2.12. The van der Waals surface area contributed by atoms with Gasteiger partial charge in [-0.25, -0.2) is 4.39 Å². The molecule has 1 heterocycles. The molecule has 1 aliphatic rings. The number of carbonyl (C=O) groups excluding carboxylic acids is 1. The van der Waals surface area contributed by atoms with E-state index < -0.39 is 6.04 Å². The van der Waals surface area contributed by atoms with E-state index in [4.69, 9.17) is 5.73 Å². The van der Waals surface area contributed by atoms with Crippen LogP contribution in [0.5, 0.6) is 0 Å². The summed E-state index contributed by atoms with van der Waals surface area (Å²) < 4.78 is 13.3. The van der Waals surface area contributed by atoms with Crippen molar-refractivity contribution in [3.8, 4) is 6.07 Å². The number of aryl methyl sites for hydroxylation is 1. The van der Waals surface area contributed by atoms with Crippen molar-refractivity contribution in [2.45, 2.75) is 25.8 Å². The molecule has 0 radical (unpaired) electrons. The summed E-state index contributed by atoms with van der Waals surface area (Å²) in [6, 6.07) is 6.62. The SMILES string of the molecule is Cc1cc(C(C#N)N2CCC(C(N)=O)CC2)ccc1F. The van der Waals surface area contributed by atoms with Crippen molar-refractivity contribution in [2.75, 3.05) is 13.1 Å². The summed E-state index contributed by atoms with van der Waals surface area (Å²) >= 11 is 0. The van der Waals surface area contributed by atoms with E-state index in [1.54, 1.807) is 19.1 Å². The fourth-order valence-corrected chi connectivity index (χ4v) is 2.65. The molecule has 1 aliphatic heterocycles. The van der Waals surface area contributed by atoms with Gasteiger partial charge in [0.15, 0.2) is 0 Å². The van der Waals surface area contributed by atoms with E-state index in [0.29, 0.717) is 31.5 Å². The minimum atomic E-state index is -0.400. The summed E-state index contributed by atoms with van der Waals surface area (Å²) in [4.78, 5) is 13.2. The highest BCUT2D eigenvalue weighted by molar-refractivity contribution is 5.76. The average molecular weight is 275 g/mol. The van der Waals surface area contributed by atoms with Gasteiger partial charge in [-0.15, -0.1) is 0 Å². The maximum Gasteiger partial charge on any atom is 0.220 e. The first kappa shape index (κ1) is 14.5. The van der Waals surface area contributed by atoms with Crippen LogP contribution in [0.2, 0.25) is 0 Å². The molecule has 1 fully saturated rings. The van der Waals surface area contributed by atoms with Crippen molar-refractivity contribution in [3.05, 3.63) is 35.1 Å². The number of primary amides is 1. The maximum atomic E-state index is 13.3. The zero-order valence-corrected chi connectivity index (χ0v) is 11.5. The van der Waals surface area contributed by atoms with E-state index in [9.17, 15) is 14.4 Å². The van der Waals surface area contributed by atoms with E-state index in [-0.39, 0.29) is 17.6 Å². The van der Waals surface area contributed by atoms with Crippen molar-refractivity contribution < 1.29 is 9.18 Å². The molecule has 2 N–H and O–H groups in total. The minimum absolute atomic E-state index is 0.0967. The molecular formula is C15H18FN3O. The first-order valence-electron chi connectivity index (χ1n) is 6.72. The first-order valence-corrected chi connectivity index (χ1v) is 6.72. The molecular weight excluding hydrogens is 257 g/mol. The van der Waals surface area contributed by atoms with Crippen molar-refractivity contribution in [1.29, 1.82) is 5.26 Å². The number of amides is 1. The van der Waals surface area contributed by atoms with Gasteiger partial charge in [0.25, 0.3) is 0 Å². The molecule has 2 rings (SSSR count). The number of rotatable bonds is 3. The molecule has 1 unspecified atom stereocenters. The lowest BCUT2D eigenvalue weighted by Gasteiger charge is -2.33. The van der Waals surface area contributed by atoms with Crippen LogP contribution in [0, 0.1) is 30.0 Å². The van der Waals surface area contributed by atoms with Crippen molar-refractivity contribution in [2.24, 2.45) is 11.7 Å². The third-order valence-corrected chi connectivity index (χ3v) is 3.92. The molecule has 0 aromatic heterocycles. The maximum absolute atomic E-state index is 13.3. The predicted octanol–water partition coefficient (Wildman–Crippen LogP) is 1.90. The number of carbonyl (C=O) groups is 1. The molecule has 1 aromatic carbocycles. The van der Waals surface area contributed by atoms with Crippen LogP contribution in [0.1, 0.15) is 30.0 Å². The molecule has 1 saturated heterocycles. The number of hydrogen-bond acceptors (Lipinski definition) is 3. The number of halogens is 1. The Morgan fingerprint density at radius 2 is 2.15 bits per heavy atom. The largest absolute Gasteiger partial charge is 0.369 e. The topological polar surface area (TPSA) is 70.1 Å². The van der Waals surface area contributed by atoms with E-state index >= 15 is 0 Å². The van der Waals surface area contributed by atoms with Crippen LogP contribution in [0.25, 0.3) is 0 Å². The summed E-state index contributed by atoms with van der Waals surface area (Å²) in [5.74, 6) is -0.630. The van der Waals surface area contributed by atoms with Gasteiger partial charge >= 0.3 is 0 Å². The highest BCUT2D eigenvalue weighted by atomic mass is 19.1. The summed E-state index contributed by atoms with van der Waals surface area (Å²) in [7, 11) is 0. The summed E-state index contributed by atoms with van der Waals surface area (Å²) in [5, 5.41) is 9.39. The summed E-state index contributed by atoms with van der Waals surface area (Å²) in [6.45, 7) is 3.00. The van der Waals surface area contributed by atoms with Gasteiger partial charge < -0.3 is 5.73 Å². The van der Waals surface area contributed by atoms with Gasteiger partial charge in [-0.3, -0.25) is 9.69 Å². The molecule has 1 atom stereocenters. The number of nitrogens with two attached hydrogens (primary N) is 1. The van der Waals surface area contributed by atoms with E-state index in [1.165, 1.54) is 6.07 Å². The summed E-state index contributed by atoms with van der Waals surface area (Å²) in [6.07, 6.45) is 1.35. The van der Waals surface area contributed by atoms with Crippen LogP contribution < -0.4 is 5.73 Å². The third kappa shape index (κ3) is 2.97. The molecule has 0 spiro atoms. The lowest BCUT2D eigenvalue weighted by Crippen LogP contribution is -2.40. The zero-order chi connectivity index (χ0) is 14.7. The van der Waals surface area contributed by atoms with E-state index in [0.717, 1.165) is 5.56 Å². The number of benzene rings is 1. The van der Waals surface area contributed by atoms with Gasteiger partial charge in [0.1, 0.15) is 11.9 Å². The molecule has 0 aliphatic carbocycles. The van der Waals surface area contributed by atoms with Crippen LogP contribution in [0.3, 0.4) is 0 Å². The Morgan fingerprint density at radius 3 is 2.65 bits per heavy atom. The number of hydrogen-bond donors (Lipinski definition) is 1. The smallest absolute Gasteiger partial charge is 0.220 e. The van der Waals surface area contributed by atoms with Gasteiger partial charge in [0.05, 0.1) is 6.07 Å². The van der Waals surface area contributed by atoms with Crippen molar-refractivity contribution >= 4 is 5.91 Å². The van der Waals surface area contributed by atoms with Gasteiger partial charge in [0.2, 0.25) is 5.91 Å². The monoisotopic (exact) mass is 275 g/mol. The molecule has 4 nitrogen and oxygen atoms in total. The average Bonchev–Trinajstić information content (AvgIpc) is 2.44. The highest BCUT2D eigenvalue weighted by Crippen LogP contribution is 2.27. The van der Waals surface area contributed by atoms with Crippen molar-refractivity contribution in [1.82, 2.24) is 4.90 Å². The van der Waals surface area contributed by atoms with Crippen LogP contribution in [-0.4, -0.2) is 23.9 Å². The zero-order valence-electron chi connectivity index (χ0n) is 11.5. The second-order valence-electron chi connectivity index (χ2n) is 5.25. The number of nitrogens with zero attached hydrogens (tertiary/aromatic N) is 2. The molecule has 0 saturated carbocycles. The van der Waals surface area contributed by atoms with E-state index in [2.05, 4.69) is 6.07 Å². The van der Waals surface area contributed by atoms with Gasteiger partial charge in [-0.2, -0.15) is 5.26 Å². The number of likely N-dealkylation sites (tertiary alicyclic amines) is 1. The Bertz CT molecular complexity index is 545. The molecule has 106 valence electrons. The van der Waals surface area contributed by atoms with Gasteiger partial charge in [0, 0.05) is 19.0 Å². The molecule has 20 heavy (non-hydrogen) atoms. The van der Waals surface area contributed by atoms with Crippen molar-refractivity contribution in [3.63, 3.8) is 0 Å². The second-order valence-corrected chi connectivity index (χ2v) is 5.25. The lowest BCUT2D eigenvalue weighted by molar-refractivity contribution is -0.123. The Hall–Kier alpha value is -1.93. The highest BCUT2D eigenvalue weighted by Gasteiger charge is 2.28. The Morgan fingerprint density at radius 1 is 1.50 bits per heavy atom. The summed E-state index contributed by atoms with van der Waals surface area (Å²) in [5.41, 5.74) is 6.64. The van der Waals surface area contributed by atoms with Crippen LogP contribution >= 0.6 is 0 Å². The first-order chi connectivity index (χ1) is 9.52. The van der Waals surface area contributed by atoms with E-state index in [1.807, 2.05) is 4.90 Å². The minimum Gasteiger partial charge on any atom is -0.369 e. The quantitative estimate of drug-likeness (QED) is 0.915. The fraction of sp³-hybridized carbons (Fsp3) is 0.467. The standard InChI is InChI=1S/C15H18FN3O/c1-10-8-12(2-3-13(10)16)14(9-17)19-6-4-11(5-7-19)15(18)20/h2-3,8,11,14H,4-7H2,1H3,(H2,18,20).